The molecule has 5 nitrogen and oxygen atoms in total. The molecule has 1 aromatic carbocycles. The topological polar surface area (TPSA) is 70.4 Å². The van der Waals surface area contributed by atoms with Crippen LogP contribution in [0.15, 0.2) is 24.3 Å². The van der Waals surface area contributed by atoms with Gasteiger partial charge in [0.25, 0.3) is 0 Å². The van der Waals surface area contributed by atoms with E-state index in [-0.39, 0.29) is 12.1 Å². The summed E-state index contributed by atoms with van der Waals surface area (Å²) in [6, 6.07) is 7.40. The summed E-state index contributed by atoms with van der Waals surface area (Å²) in [5, 5.41) is 5.61. The molecule has 106 valence electrons. The fraction of sp³-hybridized carbons (Fsp3) is 0.500. The van der Waals surface area contributed by atoms with E-state index in [1.807, 2.05) is 45.3 Å². The first-order valence-corrected chi connectivity index (χ1v) is 6.54. The molecule has 2 amide bonds. The average molecular weight is 264 g/mol. The summed E-state index contributed by atoms with van der Waals surface area (Å²) < 4.78 is 0. The SMILES string of the molecule is CC(N)c1ccc(NC(=O)NCCCN(C)C)cc1. The molecule has 0 saturated carbocycles. The van der Waals surface area contributed by atoms with Crippen LogP contribution in [-0.2, 0) is 0 Å². The maximum atomic E-state index is 11.6. The summed E-state index contributed by atoms with van der Waals surface area (Å²) in [6.07, 6.45) is 0.935. The quantitative estimate of drug-likeness (QED) is 0.686. The van der Waals surface area contributed by atoms with E-state index in [1.54, 1.807) is 0 Å². The Hall–Kier alpha value is -1.59. The molecule has 0 saturated heterocycles. The number of anilines is 1. The maximum absolute atomic E-state index is 11.6. The Morgan fingerprint density at radius 3 is 2.47 bits per heavy atom. The van der Waals surface area contributed by atoms with Crippen LogP contribution in [0.5, 0.6) is 0 Å². The lowest BCUT2D eigenvalue weighted by Gasteiger charge is -2.11. The minimum Gasteiger partial charge on any atom is -0.338 e. The zero-order valence-electron chi connectivity index (χ0n) is 11.9. The second kappa shape index (κ2) is 7.76. The highest BCUT2D eigenvalue weighted by atomic mass is 16.2. The van der Waals surface area contributed by atoms with Crippen molar-refractivity contribution in [2.45, 2.75) is 19.4 Å². The van der Waals surface area contributed by atoms with Gasteiger partial charge >= 0.3 is 6.03 Å². The highest BCUT2D eigenvalue weighted by molar-refractivity contribution is 5.89. The number of hydrogen-bond acceptors (Lipinski definition) is 3. The summed E-state index contributed by atoms with van der Waals surface area (Å²) >= 11 is 0. The molecule has 0 aliphatic carbocycles. The van der Waals surface area contributed by atoms with E-state index >= 15 is 0 Å². The molecule has 1 rings (SSSR count). The number of urea groups is 1. The lowest BCUT2D eigenvalue weighted by molar-refractivity contribution is 0.251. The average Bonchev–Trinajstić information content (AvgIpc) is 2.35. The largest absolute Gasteiger partial charge is 0.338 e. The lowest BCUT2D eigenvalue weighted by atomic mass is 10.1. The molecule has 0 spiro atoms. The van der Waals surface area contributed by atoms with Gasteiger partial charge < -0.3 is 21.3 Å². The zero-order chi connectivity index (χ0) is 14.3. The van der Waals surface area contributed by atoms with Crippen molar-refractivity contribution in [3.8, 4) is 0 Å². The Morgan fingerprint density at radius 2 is 1.95 bits per heavy atom. The van der Waals surface area contributed by atoms with Crippen molar-refractivity contribution in [3.05, 3.63) is 29.8 Å². The summed E-state index contributed by atoms with van der Waals surface area (Å²) in [7, 11) is 4.03. The number of carbonyl (C=O) groups excluding carboxylic acids is 1. The molecule has 0 bridgehead atoms. The lowest BCUT2D eigenvalue weighted by Crippen LogP contribution is -2.31. The molecule has 0 fully saturated rings. The molecule has 0 heterocycles. The minimum atomic E-state index is -0.174. The van der Waals surface area contributed by atoms with Crippen molar-refractivity contribution in [1.29, 1.82) is 0 Å². The van der Waals surface area contributed by atoms with E-state index in [0.717, 1.165) is 24.2 Å². The number of rotatable bonds is 6. The second-order valence-electron chi connectivity index (χ2n) is 4.95. The molecule has 1 aromatic rings. The van der Waals surface area contributed by atoms with Crippen LogP contribution in [-0.4, -0.2) is 38.1 Å². The Labute approximate surface area is 115 Å². The Bertz CT molecular complexity index is 387. The Morgan fingerprint density at radius 1 is 1.32 bits per heavy atom. The molecule has 0 aliphatic rings. The van der Waals surface area contributed by atoms with E-state index in [2.05, 4.69) is 15.5 Å². The van der Waals surface area contributed by atoms with E-state index in [9.17, 15) is 4.79 Å². The number of hydrogen-bond donors (Lipinski definition) is 3. The highest BCUT2D eigenvalue weighted by Crippen LogP contribution is 2.13. The summed E-state index contributed by atoms with van der Waals surface area (Å²) in [4.78, 5) is 13.7. The van der Waals surface area contributed by atoms with Gasteiger partial charge in [0, 0.05) is 18.3 Å². The van der Waals surface area contributed by atoms with Gasteiger partial charge in [-0.15, -0.1) is 0 Å². The molecule has 19 heavy (non-hydrogen) atoms. The number of nitrogens with one attached hydrogen (secondary N) is 2. The Kier molecular flexibility index (Phi) is 6.32. The van der Waals surface area contributed by atoms with Crippen LogP contribution in [0.25, 0.3) is 0 Å². The Balaban J connectivity index is 2.32. The van der Waals surface area contributed by atoms with Gasteiger partial charge in [0.15, 0.2) is 0 Å². The van der Waals surface area contributed by atoms with Crippen LogP contribution in [0, 0.1) is 0 Å². The van der Waals surface area contributed by atoms with Crippen LogP contribution in [0.2, 0.25) is 0 Å². The summed E-state index contributed by atoms with van der Waals surface area (Å²) in [5.74, 6) is 0. The van der Waals surface area contributed by atoms with Gasteiger partial charge in [0.2, 0.25) is 0 Å². The predicted molar refractivity (Wildman–Crippen MR) is 79.2 cm³/mol. The monoisotopic (exact) mass is 264 g/mol. The van der Waals surface area contributed by atoms with Gasteiger partial charge in [-0.3, -0.25) is 0 Å². The van der Waals surface area contributed by atoms with Crippen LogP contribution in [0.4, 0.5) is 10.5 Å². The number of nitrogens with zero attached hydrogens (tertiary/aromatic N) is 1. The molecule has 0 radical (unpaired) electrons. The van der Waals surface area contributed by atoms with Crippen molar-refractivity contribution in [3.63, 3.8) is 0 Å². The predicted octanol–water partition coefficient (Wildman–Crippen LogP) is 1.78. The molecule has 0 aliphatic heterocycles. The van der Waals surface area contributed by atoms with Crippen molar-refractivity contribution >= 4 is 11.7 Å². The van der Waals surface area contributed by atoms with Crippen molar-refractivity contribution in [2.24, 2.45) is 5.73 Å². The molecular weight excluding hydrogens is 240 g/mol. The van der Waals surface area contributed by atoms with Gasteiger partial charge in [-0.2, -0.15) is 0 Å². The van der Waals surface area contributed by atoms with Crippen molar-refractivity contribution in [1.82, 2.24) is 10.2 Å². The first kappa shape index (κ1) is 15.5. The fourth-order valence-corrected chi connectivity index (χ4v) is 1.64. The van der Waals surface area contributed by atoms with Crippen LogP contribution >= 0.6 is 0 Å². The summed E-state index contributed by atoms with van der Waals surface area (Å²) in [5.41, 5.74) is 7.59. The third-order valence-corrected chi connectivity index (χ3v) is 2.76. The first-order chi connectivity index (χ1) is 8.99. The molecule has 1 atom stereocenters. The van der Waals surface area contributed by atoms with E-state index < -0.39 is 0 Å². The zero-order valence-corrected chi connectivity index (χ0v) is 11.9. The molecule has 5 heteroatoms. The highest BCUT2D eigenvalue weighted by Gasteiger charge is 2.02. The molecule has 1 unspecified atom stereocenters. The van der Waals surface area contributed by atoms with Crippen LogP contribution in [0.1, 0.15) is 24.9 Å². The van der Waals surface area contributed by atoms with E-state index in [4.69, 9.17) is 5.73 Å². The second-order valence-corrected chi connectivity index (χ2v) is 4.95. The smallest absolute Gasteiger partial charge is 0.319 e. The van der Waals surface area contributed by atoms with Gasteiger partial charge in [-0.05, 0) is 51.7 Å². The van der Waals surface area contributed by atoms with Gasteiger partial charge in [0.05, 0.1) is 0 Å². The van der Waals surface area contributed by atoms with E-state index in [1.165, 1.54) is 0 Å². The normalized spacial score (nSPS) is 12.3. The van der Waals surface area contributed by atoms with Crippen molar-refractivity contribution < 1.29 is 4.79 Å². The third kappa shape index (κ3) is 6.22. The third-order valence-electron chi connectivity index (χ3n) is 2.76. The van der Waals surface area contributed by atoms with Crippen LogP contribution < -0.4 is 16.4 Å². The standard InChI is InChI=1S/C14H24N4O/c1-11(15)12-5-7-13(8-6-12)17-14(19)16-9-4-10-18(2)3/h5-8,11H,4,9-10,15H2,1-3H3,(H2,16,17,19). The van der Waals surface area contributed by atoms with Crippen molar-refractivity contribution in [2.75, 3.05) is 32.5 Å². The van der Waals surface area contributed by atoms with Gasteiger partial charge in [-0.1, -0.05) is 12.1 Å². The molecule has 0 aromatic heterocycles. The van der Waals surface area contributed by atoms with Crippen LogP contribution in [0.3, 0.4) is 0 Å². The molecular formula is C14H24N4O. The minimum absolute atomic E-state index is 0.00825. The van der Waals surface area contributed by atoms with Gasteiger partial charge in [0.1, 0.15) is 0 Å². The summed E-state index contributed by atoms with van der Waals surface area (Å²) in [6.45, 7) is 3.56. The fourth-order valence-electron chi connectivity index (χ4n) is 1.64. The first-order valence-electron chi connectivity index (χ1n) is 6.54. The number of benzene rings is 1. The number of nitrogens with two attached hydrogens (primary N) is 1. The van der Waals surface area contributed by atoms with E-state index in [0.29, 0.717) is 6.54 Å². The molecule has 4 N–H and O–H groups in total. The van der Waals surface area contributed by atoms with Gasteiger partial charge in [-0.25, -0.2) is 4.79 Å². The number of carbonyl (C=O) groups is 1. The maximum Gasteiger partial charge on any atom is 0.319 e. The number of amides is 2.